The lowest BCUT2D eigenvalue weighted by molar-refractivity contribution is 0.0531. The lowest BCUT2D eigenvalue weighted by Crippen LogP contribution is -2.34. The number of aryl methyl sites for hydroxylation is 1. The van der Waals surface area contributed by atoms with Crippen molar-refractivity contribution in [3.8, 4) is 0 Å². The SMILES string of the molecule is CCOC(=O)c1sc(N2CCCC(c3ncc[nH]3)C2)nc1C. The molecule has 3 heterocycles. The molecule has 0 bridgehead atoms. The Morgan fingerprint density at radius 3 is 3.18 bits per heavy atom. The fourth-order valence-electron chi connectivity index (χ4n) is 2.78. The molecule has 2 aromatic heterocycles. The van der Waals surface area contributed by atoms with Gasteiger partial charge in [0.1, 0.15) is 10.7 Å². The van der Waals surface area contributed by atoms with Gasteiger partial charge in [0.15, 0.2) is 5.13 Å². The van der Waals surface area contributed by atoms with Crippen LogP contribution in [0.25, 0.3) is 0 Å². The van der Waals surface area contributed by atoms with Gasteiger partial charge >= 0.3 is 5.97 Å². The number of imidazole rings is 1. The molecular weight excluding hydrogens is 300 g/mol. The van der Waals surface area contributed by atoms with Crippen LogP contribution < -0.4 is 4.90 Å². The number of carbonyl (C=O) groups excluding carboxylic acids is 1. The van der Waals surface area contributed by atoms with Crippen molar-refractivity contribution in [3.05, 3.63) is 28.8 Å². The van der Waals surface area contributed by atoms with E-state index in [1.54, 1.807) is 6.20 Å². The number of hydrogen-bond donors (Lipinski definition) is 1. The van der Waals surface area contributed by atoms with Crippen LogP contribution in [0.4, 0.5) is 5.13 Å². The second-order valence-corrected chi connectivity index (χ2v) is 6.37. The van der Waals surface area contributed by atoms with Crippen LogP contribution in [-0.4, -0.2) is 40.6 Å². The van der Waals surface area contributed by atoms with Gasteiger partial charge in [-0.15, -0.1) is 0 Å². The number of thiazole rings is 1. The first-order valence-electron chi connectivity index (χ1n) is 7.57. The van der Waals surface area contributed by atoms with Crippen LogP contribution in [0.1, 0.15) is 46.9 Å². The van der Waals surface area contributed by atoms with E-state index in [1.807, 2.05) is 20.0 Å². The Bertz CT molecular complexity index is 638. The Morgan fingerprint density at radius 2 is 2.45 bits per heavy atom. The van der Waals surface area contributed by atoms with Crippen LogP contribution in [0.15, 0.2) is 12.4 Å². The number of esters is 1. The zero-order valence-corrected chi connectivity index (χ0v) is 13.7. The standard InChI is InChI=1S/C15H20N4O2S/c1-3-21-14(20)12-10(2)18-15(22-12)19-8-4-5-11(9-19)13-16-6-7-17-13/h6-7,11H,3-5,8-9H2,1-2H3,(H,16,17). The number of rotatable bonds is 4. The van der Waals surface area contributed by atoms with Crippen LogP contribution in [0.5, 0.6) is 0 Å². The largest absolute Gasteiger partial charge is 0.462 e. The predicted molar refractivity (Wildman–Crippen MR) is 85.6 cm³/mol. The average molecular weight is 320 g/mol. The molecule has 0 spiro atoms. The molecule has 1 aliphatic rings. The summed E-state index contributed by atoms with van der Waals surface area (Å²) in [7, 11) is 0. The molecule has 2 aromatic rings. The Labute approximate surface area is 133 Å². The van der Waals surface area contributed by atoms with Gasteiger partial charge in [-0.3, -0.25) is 0 Å². The van der Waals surface area contributed by atoms with E-state index < -0.39 is 0 Å². The van der Waals surface area contributed by atoms with Crippen molar-refractivity contribution in [2.45, 2.75) is 32.6 Å². The molecule has 1 atom stereocenters. The first kappa shape index (κ1) is 15.0. The number of piperidine rings is 1. The summed E-state index contributed by atoms with van der Waals surface area (Å²) in [5.74, 6) is 1.14. The van der Waals surface area contributed by atoms with Gasteiger partial charge in [-0.2, -0.15) is 0 Å². The van der Waals surface area contributed by atoms with E-state index in [0.717, 1.165) is 42.6 Å². The summed E-state index contributed by atoms with van der Waals surface area (Å²) in [5, 5.41) is 0.900. The molecule has 1 aliphatic heterocycles. The van der Waals surface area contributed by atoms with Gasteiger partial charge in [0.05, 0.1) is 12.3 Å². The molecule has 1 unspecified atom stereocenters. The second kappa shape index (κ2) is 6.48. The van der Waals surface area contributed by atoms with Gasteiger partial charge in [-0.1, -0.05) is 11.3 Å². The zero-order chi connectivity index (χ0) is 15.5. The van der Waals surface area contributed by atoms with Gasteiger partial charge in [0.25, 0.3) is 0 Å². The fourth-order valence-corrected chi connectivity index (χ4v) is 3.77. The zero-order valence-electron chi connectivity index (χ0n) is 12.8. The minimum absolute atomic E-state index is 0.275. The van der Waals surface area contributed by atoms with Crippen LogP contribution in [0.2, 0.25) is 0 Å². The molecule has 7 heteroatoms. The number of H-pyrrole nitrogens is 1. The maximum atomic E-state index is 11.9. The minimum atomic E-state index is -0.275. The highest BCUT2D eigenvalue weighted by molar-refractivity contribution is 7.17. The van der Waals surface area contributed by atoms with Crippen LogP contribution in [-0.2, 0) is 4.74 Å². The van der Waals surface area contributed by atoms with Crippen molar-refractivity contribution >= 4 is 22.4 Å². The molecule has 0 saturated carbocycles. The Balaban J connectivity index is 1.76. The van der Waals surface area contributed by atoms with Crippen molar-refractivity contribution in [1.29, 1.82) is 0 Å². The monoisotopic (exact) mass is 320 g/mol. The first-order chi connectivity index (χ1) is 10.7. The van der Waals surface area contributed by atoms with E-state index in [2.05, 4.69) is 19.9 Å². The number of anilines is 1. The maximum absolute atomic E-state index is 11.9. The van der Waals surface area contributed by atoms with Crippen LogP contribution >= 0.6 is 11.3 Å². The van der Waals surface area contributed by atoms with Gasteiger partial charge in [-0.25, -0.2) is 14.8 Å². The van der Waals surface area contributed by atoms with Crippen molar-refractivity contribution in [3.63, 3.8) is 0 Å². The van der Waals surface area contributed by atoms with Crippen LogP contribution in [0.3, 0.4) is 0 Å². The normalized spacial score (nSPS) is 18.5. The summed E-state index contributed by atoms with van der Waals surface area (Å²) < 4.78 is 5.09. The maximum Gasteiger partial charge on any atom is 0.350 e. The summed E-state index contributed by atoms with van der Waals surface area (Å²) >= 11 is 1.42. The molecule has 0 aromatic carbocycles. The summed E-state index contributed by atoms with van der Waals surface area (Å²) in [4.78, 5) is 26.9. The number of nitrogens with zero attached hydrogens (tertiary/aromatic N) is 3. The summed E-state index contributed by atoms with van der Waals surface area (Å²) in [6.45, 7) is 5.90. The van der Waals surface area contributed by atoms with Crippen molar-refractivity contribution < 1.29 is 9.53 Å². The van der Waals surface area contributed by atoms with Gasteiger partial charge < -0.3 is 14.6 Å². The molecule has 0 aliphatic carbocycles. The number of aromatic amines is 1. The summed E-state index contributed by atoms with van der Waals surface area (Å²) in [6, 6.07) is 0. The lowest BCUT2D eigenvalue weighted by atomic mass is 9.98. The number of aromatic nitrogens is 3. The second-order valence-electron chi connectivity index (χ2n) is 5.39. The van der Waals surface area contributed by atoms with Crippen molar-refractivity contribution in [2.75, 3.05) is 24.6 Å². The van der Waals surface area contributed by atoms with E-state index in [0.29, 0.717) is 17.4 Å². The topological polar surface area (TPSA) is 71.1 Å². The summed E-state index contributed by atoms with van der Waals surface area (Å²) in [6.07, 6.45) is 5.87. The molecule has 1 saturated heterocycles. The molecule has 0 amide bonds. The fraction of sp³-hybridized carbons (Fsp3) is 0.533. The quantitative estimate of drug-likeness (QED) is 0.877. The third kappa shape index (κ3) is 2.99. The Kier molecular flexibility index (Phi) is 4.42. The molecular formula is C15H20N4O2S. The van der Waals surface area contributed by atoms with Crippen molar-refractivity contribution in [1.82, 2.24) is 15.0 Å². The smallest absolute Gasteiger partial charge is 0.350 e. The first-order valence-corrected chi connectivity index (χ1v) is 8.39. The van der Waals surface area contributed by atoms with Crippen molar-refractivity contribution in [2.24, 2.45) is 0 Å². The van der Waals surface area contributed by atoms with E-state index in [4.69, 9.17) is 4.74 Å². The predicted octanol–water partition coefficient (Wildman–Crippen LogP) is 2.74. The number of nitrogens with one attached hydrogen (secondary N) is 1. The molecule has 0 radical (unpaired) electrons. The lowest BCUT2D eigenvalue weighted by Gasteiger charge is -2.31. The number of carbonyl (C=O) groups is 1. The van der Waals surface area contributed by atoms with E-state index in [1.165, 1.54) is 11.3 Å². The molecule has 3 rings (SSSR count). The highest BCUT2D eigenvalue weighted by Gasteiger charge is 2.26. The molecule has 22 heavy (non-hydrogen) atoms. The molecule has 118 valence electrons. The third-order valence-corrected chi connectivity index (χ3v) is 5.04. The Morgan fingerprint density at radius 1 is 1.59 bits per heavy atom. The van der Waals surface area contributed by atoms with Gasteiger partial charge in [0, 0.05) is 31.4 Å². The van der Waals surface area contributed by atoms with E-state index >= 15 is 0 Å². The van der Waals surface area contributed by atoms with Crippen LogP contribution in [0, 0.1) is 6.92 Å². The number of hydrogen-bond acceptors (Lipinski definition) is 6. The highest BCUT2D eigenvalue weighted by Crippen LogP contribution is 2.32. The number of ether oxygens (including phenoxy) is 1. The molecule has 1 N–H and O–H groups in total. The minimum Gasteiger partial charge on any atom is -0.462 e. The van der Waals surface area contributed by atoms with Gasteiger partial charge in [-0.05, 0) is 26.7 Å². The third-order valence-electron chi connectivity index (χ3n) is 3.84. The van der Waals surface area contributed by atoms with Gasteiger partial charge in [0.2, 0.25) is 0 Å². The summed E-state index contributed by atoms with van der Waals surface area (Å²) in [5.41, 5.74) is 0.749. The molecule has 1 fully saturated rings. The highest BCUT2D eigenvalue weighted by atomic mass is 32.1. The molecule has 6 nitrogen and oxygen atoms in total. The Hall–Kier alpha value is -1.89. The van der Waals surface area contributed by atoms with E-state index in [-0.39, 0.29) is 5.97 Å². The average Bonchev–Trinajstić information content (AvgIpc) is 3.17. The van der Waals surface area contributed by atoms with E-state index in [9.17, 15) is 4.79 Å².